The van der Waals surface area contributed by atoms with Gasteiger partial charge in [-0.05, 0) is 74.2 Å². The van der Waals surface area contributed by atoms with Crippen LogP contribution in [0, 0.1) is 13.8 Å². The Kier molecular flexibility index (Phi) is 5.21. The van der Waals surface area contributed by atoms with Crippen LogP contribution >= 0.6 is 0 Å². The first-order valence-corrected chi connectivity index (χ1v) is 9.96. The number of rotatable bonds is 4. The van der Waals surface area contributed by atoms with E-state index in [1.54, 1.807) is 0 Å². The third-order valence-corrected chi connectivity index (χ3v) is 5.45. The average Bonchev–Trinajstić information content (AvgIpc) is 2.72. The Morgan fingerprint density at radius 1 is 1.10 bits per heavy atom. The van der Waals surface area contributed by atoms with Crippen LogP contribution in [-0.2, 0) is 13.0 Å². The number of H-pyrrole nitrogens is 1. The fourth-order valence-corrected chi connectivity index (χ4v) is 3.99. The van der Waals surface area contributed by atoms with Crippen molar-refractivity contribution in [1.82, 2.24) is 10.3 Å². The highest BCUT2D eigenvalue weighted by molar-refractivity contribution is 5.95. The maximum atomic E-state index is 12.7. The van der Waals surface area contributed by atoms with Crippen LogP contribution in [0.4, 0.5) is 11.4 Å². The highest BCUT2D eigenvalue weighted by Crippen LogP contribution is 2.33. The van der Waals surface area contributed by atoms with E-state index in [-0.39, 0.29) is 18.0 Å². The highest BCUT2D eigenvalue weighted by Gasteiger charge is 2.20. The summed E-state index contributed by atoms with van der Waals surface area (Å²) in [6.45, 7) is 4.93. The molecule has 1 aliphatic heterocycles. The predicted molar refractivity (Wildman–Crippen MR) is 116 cm³/mol. The van der Waals surface area contributed by atoms with Gasteiger partial charge >= 0.3 is 0 Å². The van der Waals surface area contributed by atoms with E-state index in [0.717, 1.165) is 36.3 Å². The summed E-state index contributed by atoms with van der Waals surface area (Å²) in [5.41, 5.74) is 6.28. The van der Waals surface area contributed by atoms with Crippen molar-refractivity contribution < 1.29 is 4.79 Å². The zero-order valence-electron chi connectivity index (χ0n) is 16.8. The second-order valence-corrected chi connectivity index (χ2v) is 7.56. The third kappa shape index (κ3) is 3.94. The molecule has 2 heterocycles. The first-order valence-electron chi connectivity index (χ1n) is 9.96. The van der Waals surface area contributed by atoms with Crippen molar-refractivity contribution in [3.05, 3.63) is 92.9 Å². The number of aromatic amines is 1. The average molecular weight is 387 g/mol. The zero-order chi connectivity index (χ0) is 20.4. The van der Waals surface area contributed by atoms with Gasteiger partial charge in [0.05, 0.1) is 0 Å². The van der Waals surface area contributed by atoms with Gasteiger partial charge in [0.1, 0.15) is 0 Å². The summed E-state index contributed by atoms with van der Waals surface area (Å²) in [5.74, 6) is -0.163. The van der Waals surface area contributed by atoms with E-state index in [1.807, 2.05) is 56.3 Å². The number of fused-ring (bicyclic) bond motifs is 1. The number of hydrogen-bond acceptors (Lipinski definition) is 3. The molecular formula is C24H25N3O2. The number of anilines is 2. The standard InChI is InChI=1S/C24H25N3O2/c1-16-13-17(2)26-24(29)21(16)15-25-23(28)19-10-11-22-18(14-19)7-6-12-27(22)20-8-4-3-5-9-20/h3-5,8-11,13-14H,6-7,12,15H2,1-2H3,(H,25,28)(H,26,29). The topological polar surface area (TPSA) is 65.2 Å². The molecule has 0 spiro atoms. The minimum atomic E-state index is -0.163. The van der Waals surface area contributed by atoms with Gasteiger partial charge in [0.25, 0.3) is 11.5 Å². The molecule has 1 aromatic heterocycles. The van der Waals surface area contributed by atoms with Crippen molar-refractivity contribution >= 4 is 17.3 Å². The molecule has 1 aliphatic rings. The van der Waals surface area contributed by atoms with Gasteiger partial charge in [0.2, 0.25) is 0 Å². The fraction of sp³-hybridized carbons (Fsp3) is 0.250. The molecular weight excluding hydrogens is 362 g/mol. The molecule has 4 rings (SSSR count). The lowest BCUT2D eigenvalue weighted by atomic mass is 9.98. The molecule has 148 valence electrons. The molecule has 1 amide bonds. The van der Waals surface area contributed by atoms with Gasteiger partial charge in [-0.15, -0.1) is 0 Å². The van der Waals surface area contributed by atoms with E-state index in [1.165, 1.54) is 11.3 Å². The molecule has 0 aliphatic carbocycles. The first-order chi connectivity index (χ1) is 14.0. The number of benzene rings is 2. The Morgan fingerprint density at radius 2 is 1.90 bits per heavy atom. The predicted octanol–water partition coefficient (Wildman–Crippen LogP) is 4.01. The Hall–Kier alpha value is -3.34. The van der Waals surface area contributed by atoms with Gasteiger partial charge in [0.15, 0.2) is 0 Å². The Labute approximate surface area is 170 Å². The lowest BCUT2D eigenvalue weighted by Crippen LogP contribution is -2.29. The number of hydrogen-bond donors (Lipinski definition) is 2. The van der Waals surface area contributed by atoms with Crippen LogP contribution in [0.2, 0.25) is 0 Å². The van der Waals surface area contributed by atoms with Crippen molar-refractivity contribution in [1.29, 1.82) is 0 Å². The lowest BCUT2D eigenvalue weighted by Gasteiger charge is -2.31. The number of para-hydroxylation sites is 1. The Morgan fingerprint density at radius 3 is 2.66 bits per heavy atom. The van der Waals surface area contributed by atoms with Crippen LogP contribution < -0.4 is 15.8 Å². The summed E-state index contributed by atoms with van der Waals surface area (Å²) in [7, 11) is 0. The SMILES string of the molecule is Cc1cc(C)c(CNC(=O)c2ccc3c(c2)CCCN3c2ccccc2)c(=O)[nH]1. The van der Waals surface area contributed by atoms with Gasteiger partial charge in [-0.1, -0.05) is 18.2 Å². The molecule has 0 atom stereocenters. The van der Waals surface area contributed by atoms with Gasteiger partial charge in [-0.3, -0.25) is 9.59 Å². The summed E-state index contributed by atoms with van der Waals surface area (Å²) in [6.07, 6.45) is 2.00. The van der Waals surface area contributed by atoms with Crippen LogP contribution in [0.1, 0.15) is 39.2 Å². The van der Waals surface area contributed by atoms with E-state index < -0.39 is 0 Å². The van der Waals surface area contributed by atoms with Crippen LogP contribution in [0.3, 0.4) is 0 Å². The minimum Gasteiger partial charge on any atom is -0.348 e. The quantitative estimate of drug-likeness (QED) is 0.711. The Bertz CT molecular complexity index is 1100. The maximum absolute atomic E-state index is 12.7. The molecule has 2 aromatic carbocycles. The monoisotopic (exact) mass is 387 g/mol. The number of carbonyl (C=O) groups is 1. The number of carbonyl (C=O) groups excluding carboxylic acids is 1. The number of aryl methyl sites for hydroxylation is 3. The van der Waals surface area contributed by atoms with Crippen LogP contribution in [0.5, 0.6) is 0 Å². The molecule has 29 heavy (non-hydrogen) atoms. The molecule has 5 heteroatoms. The zero-order valence-corrected chi connectivity index (χ0v) is 16.8. The van der Waals surface area contributed by atoms with Crippen molar-refractivity contribution in [2.24, 2.45) is 0 Å². The van der Waals surface area contributed by atoms with E-state index in [9.17, 15) is 9.59 Å². The van der Waals surface area contributed by atoms with Crippen molar-refractivity contribution in [2.45, 2.75) is 33.2 Å². The second-order valence-electron chi connectivity index (χ2n) is 7.56. The normalized spacial score (nSPS) is 13.1. The minimum absolute atomic E-state index is 0.147. The largest absolute Gasteiger partial charge is 0.348 e. The molecule has 0 saturated carbocycles. The van der Waals surface area contributed by atoms with Gasteiger partial charge in [0, 0.05) is 41.3 Å². The van der Waals surface area contributed by atoms with Crippen LogP contribution in [-0.4, -0.2) is 17.4 Å². The summed E-state index contributed by atoms with van der Waals surface area (Å²) >= 11 is 0. The molecule has 0 fully saturated rings. The van der Waals surface area contributed by atoms with E-state index >= 15 is 0 Å². The van der Waals surface area contributed by atoms with Crippen molar-refractivity contribution in [3.8, 4) is 0 Å². The molecule has 2 N–H and O–H groups in total. The molecule has 3 aromatic rings. The molecule has 5 nitrogen and oxygen atoms in total. The van der Waals surface area contributed by atoms with Crippen LogP contribution in [0.15, 0.2) is 59.4 Å². The molecule has 0 bridgehead atoms. The van der Waals surface area contributed by atoms with Gasteiger partial charge < -0.3 is 15.2 Å². The summed E-state index contributed by atoms with van der Waals surface area (Å²) in [5, 5.41) is 2.89. The second kappa shape index (κ2) is 7.95. The summed E-state index contributed by atoms with van der Waals surface area (Å²) in [4.78, 5) is 30.0. The van der Waals surface area contributed by atoms with Crippen molar-refractivity contribution in [2.75, 3.05) is 11.4 Å². The maximum Gasteiger partial charge on any atom is 0.253 e. The fourth-order valence-electron chi connectivity index (χ4n) is 3.99. The molecule has 0 radical (unpaired) electrons. The number of amides is 1. The van der Waals surface area contributed by atoms with Crippen LogP contribution in [0.25, 0.3) is 0 Å². The highest BCUT2D eigenvalue weighted by atomic mass is 16.1. The smallest absolute Gasteiger partial charge is 0.253 e. The lowest BCUT2D eigenvalue weighted by molar-refractivity contribution is 0.0950. The Balaban J connectivity index is 1.53. The number of nitrogens with zero attached hydrogens (tertiary/aromatic N) is 1. The molecule has 0 unspecified atom stereocenters. The van der Waals surface area contributed by atoms with E-state index in [2.05, 4.69) is 27.3 Å². The number of pyridine rings is 1. The van der Waals surface area contributed by atoms with Gasteiger partial charge in [-0.25, -0.2) is 0 Å². The first kappa shape index (κ1) is 19.0. The van der Waals surface area contributed by atoms with E-state index in [4.69, 9.17) is 0 Å². The summed E-state index contributed by atoms with van der Waals surface area (Å²) < 4.78 is 0. The summed E-state index contributed by atoms with van der Waals surface area (Å²) in [6, 6.07) is 18.1. The van der Waals surface area contributed by atoms with E-state index in [0.29, 0.717) is 11.1 Å². The van der Waals surface area contributed by atoms with Crippen molar-refractivity contribution in [3.63, 3.8) is 0 Å². The van der Waals surface area contributed by atoms with Gasteiger partial charge in [-0.2, -0.15) is 0 Å². The number of aromatic nitrogens is 1. The number of nitrogens with one attached hydrogen (secondary N) is 2. The molecule has 0 saturated heterocycles. The third-order valence-electron chi connectivity index (χ3n) is 5.45.